The van der Waals surface area contributed by atoms with Crippen LogP contribution in [0.25, 0.3) is 11.1 Å². The van der Waals surface area contributed by atoms with Gasteiger partial charge >= 0.3 is 0 Å². The molecule has 32 heavy (non-hydrogen) atoms. The third kappa shape index (κ3) is 3.90. The van der Waals surface area contributed by atoms with Gasteiger partial charge in [-0.15, -0.1) is 0 Å². The molecule has 0 bridgehead atoms. The van der Waals surface area contributed by atoms with Crippen LogP contribution in [-0.4, -0.2) is 34.5 Å². The Bertz CT molecular complexity index is 902. The van der Waals surface area contributed by atoms with E-state index >= 15 is 0 Å². The van der Waals surface area contributed by atoms with Crippen molar-refractivity contribution < 1.29 is 14.2 Å². The second-order valence-corrected chi connectivity index (χ2v) is 14.2. The molecule has 5 rings (SSSR count). The molecule has 3 atom stereocenters. The first kappa shape index (κ1) is 22.0. The maximum Gasteiger partial charge on any atom is 0.127 e. The van der Waals surface area contributed by atoms with E-state index in [1.807, 2.05) is 0 Å². The number of benzene rings is 2. The maximum atomic E-state index is 6.02. The smallest absolute Gasteiger partial charge is 0.127 e. The van der Waals surface area contributed by atoms with Gasteiger partial charge in [0.2, 0.25) is 0 Å². The van der Waals surface area contributed by atoms with E-state index in [-0.39, 0.29) is 0 Å². The topological polar surface area (TPSA) is 31.0 Å². The Morgan fingerprint density at radius 3 is 2.25 bits per heavy atom. The fraction of sp³-hybridized carbons (Fsp3) is 0.571. The standard InChI is InChI=1S/C28H36O3Si/c1-4-5-6-7-16-32(17-15-20-9-8-10-25-28(20)31-25)26-13-11-21(29-2)18-23(26)24-19-22(30-3)12-14-27(24)32/h13-14,18-20,25,28H,4-10,15-17H2,1-3H3. The molecule has 3 unspecified atom stereocenters. The van der Waals surface area contributed by atoms with E-state index in [9.17, 15) is 0 Å². The minimum atomic E-state index is -1.92. The Labute approximate surface area is 194 Å². The van der Waals surface area contributed by atoms with E-state index in [0.717, 1.165) is 17.4 Å². The summed E-state index contributed by atoms with van der Waals surface area (Å²) in [6, 6.07) is 18.4. The molecule has 0 aromatic heterocycles. The van der Waals surface area contributed by atoms with Crippen LogP contribution in [0, 0.1) is 18.1 Å². The molecule has 3 aliphatic rings. The minimum absolute atomic E-state index is 0.542. The van der Waals surface area contributed by atoms with Crippen LogP contribution in [0.5, 0.6) is 11.5 Å². The molecule has 2 aliphatic heterocycles. The van der Waals surface area contributed by atoms with Crippen molar-refractivity contribution in [2.24, 2.45) is 5.92 Å². The van der Waals surface area contributed by atoms with Gasteiger partial charge in [0.25, 0.3) is 0 Å². The van der Waals surface area contributed by atoms with Gasteiger partial charge in [-0.3, -0.25) is 0 Å². The molecule has 3 nitrogen and oxygen atoms in total. The fourth-order valence-electron chi connectivity index (χ4n) is 6.37. The molecule has 0 N–H and O–H groups in total. The van der Waals surface area contributed by atoms with Crippen molar-refractivity contribution in [2.75, 3.05) is 14.2 Å². The third-order valence-electron chi connectivity index (χ3n) is 8.16. The Balaban J connectivity index is 1.53. The van der Waals surface area contributed by atoms with Crippen molar-refractivity contribution >= 4 is 18.4 Å². The zero-order valence-electron chi connectivity index (χ0n) is 19.8. The summed E-state index contributed by atoms with van der Waals surface area (Å²) in [5, 5.41) is 3.10. The first-order valence-electron chi connectivity index (χ1n) is 12.6. The highest BCUT2D eigenvalue weighted by molar-refractivity contribution is 7.05. The third-order valence-corrected chi connectivity index (χ3v) is 13.4. The van der Waals surface area contributed by atoms with Gasteiger partial charge in [0.1, 0.15) is 19.6 Å². The van der Waals surface area contributed by atoms with Gasteiger partial charge in [0.05, 0.1) is 26.4 Å². The lowest BCUT2D eigenvalue weighted by Crippen LogP contribution is -2.55. The molecule has 2 aromatic rings. The highest BCUT2D eigenvalue weighted by Crippen LogP contribution is 2.45. The van der Waals surface area contributed by atoms with E-state index in [1.54, 1.807) is 24.6 Å². The summed E-state index contributed by atoms with van der Waals surface area (Å²) in [6.07, 6.45) is 11.6. The number of hydrogen-bond acceptors (Lipinski definition) is 3. The molecule has 1 saturated heterocycles. The van der Waals surface area contributed by atoms with Crippen LogP contribution in [0.15, 0.2) is 24.3 Å². The van der Waals surface area contributed by atoms with Crippen molar-refractivity contribution in [3.63, 3.8) is 0 Å². The maximum absolute atomic E-state index is 6.02. The second kappa shape index (κ2) is 9.22. The number of epoxide rings is 1. The molecule has 0 amide bonds. The van der Waals surface area contributed by atoms with Gasteiger partial charge in [-0.25, -0.2) is 0 Å². The van der Waals surface area contributed by atoms with E-state index in [1.165, 1.54) is 74.6 Å². The van der Waals surface area contributed by atoms with Crippen molar-refractivity contribution in [3.05, 3.63) is 36.4 Å². The molecule has 2 radical (unpaired) electrons. The van der Waals surface area contributed by atoms with Gasteiger partial charge in [-0.05, 0) is 70.9 Å². The van der Waals surface area contributed by atoms with Crippen LogP contribution in [0.4, 0.5) is 0 Å². The van der Waals surface area contributed by atoms with Crippen molar-refractivity contribution in [1.29, 1.82) is 0 Å². The number of ether oxygens (including phenoxy) is 3. The van der Waals surface area contributed by atoms with Crippen molar-refractivity contribution in [1.82, 2.24) is 0 Å². The molecule has 170 valence electrons. The lowest BCUT2D eigenvalue weighted by atomic mass is 9.87. The van der Waals surface area contributed by atoms with Gasteiger partial charge in [0, 0.05) is 12.1 Å². The average molecular weight is 449 g/mol. The predicted octanol–water partition coefficient (Wildman–Crippen LogP) is 5.39. The van der Waals surface area contributed by atoms with E-state index in [4.69, 9.17) is 14.2 Å². The first-order valence-corrected chi connectivity index (χ1v) is 15.0. The summed E-state index contributed by atoms with van der Waals surface area (Å²) in [5.41, 5.74) is 2.68. The largest absolute Gasteiger partial charge is 0.496 e. The van der Waals surface area contributed by atoms with Crippen LogP contribution in [-0.2, 0) is 4.74 Å². The van der Waals surface area contributed by atoms with Crippen LogP contribution in [0.3, 0.4) is 0 Å². The Kier molecular flexibility index (Phi) is 6.35. The van der Waals surface area contributed by atoms with E-state index in [0.29, 0.717) is 12.2 Å². The van der Waals surface area contributed by atoms with Crippen LogP contribution >= 0.6 is 0 Å². The van der Waals surface area contributed by atoms with Gasteiger partial charge in [-0.1, -0.05) is 51.2 Å². The number of hydrogen-bond donors (Lipinski definition) is 0. The highest BCUT2D eigenvalue weighted by atomic mass is 28.3. The normalized spacial score (nSPS) is 24.4. The molecule has 2 aromatic carbocycles. The minimum Gasteiger partial charge on any atom is -0.496 e. The quantitative estimate of drug-likeness (QED) is 0.278. The highest BCUT2D eigenvalue weighted by Gasteiger charge is 2.50. The van der Waals surface area contributed by atoms with Gasteiger partial charge in [0.15, 0.2) is 0 Å². The van der Waals surface area contributed by atoms with E-state index in [2.05, 4.69) is 43.3 Å². The van der Waals surface area contributed by atoms with Crippen LogP contribution in [0.1, 0.15) is 58.3 Å². The molecule has 0 spiro atoms. The molecule has 2 fully saturated rings. The van der Waals surface area contributed by atoms with Gasteiger partial charge in [-0.2, -0.15) is 0 Å². The molecule has 1 saturated carbocycles. The molecule has 4 heteroatoms. The Hall–Kier alpha value is -1.78. The van der Waals surface area contributed by atoms with Gasteiger partial charge < -0.3 is 14.2 Å². The lowest BCUT2D eigenvalue weighted by molar-refractivity contribution is 0.315. The predicted molar refractivity (Wildman–Crippen MR) is 132 cm³/mol. The molecule has 1 aliphatic carbocycles. The number of methoxy groups -OCH3 is 2. The summed E-state index contributed by atoms with van der Waals surface area (Å²) in [7, 11) is 1.55. The number of rotatable bonds is 10. The Morgan fingerprint density at radius 2 is 1.62 bits per heavy atom. The number of fused-ring (bicyclic) bond motifs is 4. The Morgan fingerprint density at radius 1 is 0.938 bits per heavy atom. The zero-order valence-corrected chi connectivity index (χ0v) is 20.8. The fourth-order valence-corrected chi connectivity index (χ4v) is 11.8. The van der Waals surface area contributed by atoms with Crippen molar-refractivity contribution in [2.45, 2.75) is 82.6 Å². The summed E-state index contributed by atoms with van der Waals surface area (Å²) in [4.78, 5) is 0. The summed E-state index contributed by atoms with van der Waals surface area (Å²) < 4.78 is 17.2. The summed E-state index contributed by atoms with van der Waals surface area (Å²) >= 11 is 0. The molecule has 2 heterocycles. The summed E-state index contributed by atoms with van der Waals surface area (Å²) in [5.74, 6) is 2.38. The van der Waals surface area contributed by atoms with E-state index < -0.39 is 8.07 Å². The summed E-state index contributed by atoms with van der Waals surface area (Å²) in [6.45, 7) is 2.30. The second-order valence-electron chi connectivity index (χ2n) is 9.92. The van der Waals surface area contributed by atoms with Crippen LogP contribution < -0.4 is 19.8 Å². The SMILES string of the molecule is CCCCCC[Si]1(CCC2CCCC3OC23)c2c[c]c(OC)cc2-c2cc(OC)[c]cc21. The lowest BCUT2D eigenvalue weighted by Gasteiger charge is -2.32. The number of unbranched alkanes of at least 4 members (excludes halogenated alkanes) is 3. The first-order chi connectivity index (χ1) is 15.7. The molecular weight excluding hydrogens is 412 g/mol. The average Bonchev–Trinajstić information content (AvgIpc) is 3.59. The molecular formula is C28H36O3Si. The van der Waals surface area contributed by atoms with Crippen molar-refractivity contribution in [3.8, 4) is 22.6 Å². The monoisotopic (exact) mass is 448 g/mol. The zero-order chi connectivity index (χ0) is 22.1. The van der Waals surface area contributed by atoms with Crippen LogP contribution in [0.2, 0.25) is 12.1 Å².